The number of aromatic nitrogens is 2. The molecule has 0 spiro atoms. The zero-order valence-electron chi connectivity index (χ0n) is 18.9. The van der Waals surface area contributed by atoms with Gasteiger partial charge in [-0.2, -0.15) is 5.10 Å². The Morgan fingerprint density at radius 2 is 1.80 bits per heavy atom. The van der Waals surface area contributed by atoms with E-state index < -0.39 is 5.60 Å². The van der Waals surface area contributed by atoms with Crippen molar-refractivity contribution < 1.29 is 23.8 Å². The van der Waals surface area contributed by atoms with Crippen molar-refractivity contribution in [3.05, 3.63) is 95.7 Å². The van der Waals surface area contributed by atoms with Crippen LogP contribution in [0.25, 0.3) is 11.3 Å². The smallest absolute Gasteiger partial charge is 0.293 e. The van der Waals surface area contributed by atoms with Crippen LogP contribution in [0.2, 0.25) is 0 Å². The number of rotatable bonds is 12. The molecule has 5 rings (SSSR count). The zero-order valence-corrected chi connectivity index (χ0v) is 18.9. The van der Waals surface area contributed by atoms with E-state index in [-0.39, 0.29) is 25.4 Å². The van der Waals surface area contributed by atoms with Crippen LogP contribution in [-0.2, 0) is 30.2 Å². The lowest BCUT2D eigenvalue weighted by Gasteiger charge is -2.37. The standard InChI is InChI=1S/C27H25N3O5/c31-17-33-15-22-23(16-34-18-32)27(12-10-25(22)35-27)26(29-21-4-2-1-3-5-21)14-19-6-8-20(9-7-19)24-11-13-28-30-24/h1-13,17-18,25-26,29H,14-16H2,(H,28,30). The van der Waals surface area contributed by atoms with Crippen molar-refractivity contribution in [2.75, 3.05) is 18.5 Å². The number of carbonyl (C=O) groups excluding carboxylic acids is 2. The molecule has 3 atom stereocenters. The molecule has 0 amide bonds. The lowest BCUT2D eigenvalue weighted by atomic mass is 9.79. The normalized spacial score (nSPS) is 21.1. The second-order valence-corrected chi connectivity index (χ2v) is 8.44. The molecule has 1 aromatic heterocycles. The van der Waals surface area contributed by atoms with Crippen molar-refractivity contribution in [3.8, 4) is 11.3 Å². The summed E-state index contributed by atoms with van der Waals surface area (Å²) in [4.78, 5) is 21.9. The summed E-state index contributed by atoms with van der Waals surface area (Å²) in [6.07, 6.45) is 5.99. The maximum absolute atomic E-state index is 11.1. The molecule has 8 nitrogen and oxygen atoms in total. The van der Waals surface area contributed by atoms with E-state index in [2.05, 4.69) is 39.8 Å². The fraction of sp³-hybridized carbons (Fsp3) is 0.222. The number of hydrogen-bond donors (Lipinski definition) is 2. The summed E-state index contributed by atoms with van der Waals surface area (Å²) in [5.74, 6) is 0. The number of fused-ring (bicyclic) bond motifs is 2. The Morgan fingerprint density at radius 3 is 2.51 bits per heavy atom. The first kappa shape index (κ1) is 22.6. The molecular formula is C27H25N3O5. The van der Waals surface area contributed by atoms with E-state index >= 15 is 0 Å². The van der Waals surface area contributed by atoms with E-state index in [4.69, 9.17) is 14.2 Å². The molecule has 0 saturated carbocycles. The topological polar surface area (TPSA) is 103 Å². The fourth-order valence-electron chi connectivity index (χ4n) is 4.84. The van der Waals surface area contributed by atoms with Crippen LogP contribution in [0.15, 0.2) is 90.2 Å². The third-order valence-electron chi connectivity index (χ3n) is 6.48. The molecule has 0 fully saturated rings. The maximum atomic E-state index is 11.1. The molecule has 2 aliphatic heterocycles. The summed E-state index contributed by atoms with van der Waals surface area (Å²) >= 11 is 0. The average molecular weight is 472 g/mol. The third kappa shape index (κ3) is 4.48. The van der Waals surface area contributed by atoms with Crippen molar-refractivity contribution in [2.24, 2.45) is 0 Å². The number of aromatic amines is 1. The summed E-state index contributed by atoms with van der Waals surface area (Å²) < 4.78 is 16.8. The van der Waals surface area contributed by atoms with Crippen molar-refractivity contribution >= 4 is 18.6 Å². The number of ether oxygens (including phenoxy) is 3. The van der Waals surface area contributed by atoms with E-state index in [1.165, 1.54) is 0 Å². The highest BCUT2D eigenvalue weighted by atomic mass is 16.5. The second-order valence-electron chi connectivity index (χ2n) is 8.44. The van der Waals surface area contributed by atoms with Gasteiger partial charge in [-0.25, -0.2) is 0 Å². The Balaban J connectivity index is 1.49. The van der Waals surface area contributed by atoms with Gasteiger partial charge in [-0.15, -0.1) is 0 Å². The van der Waals surface area contributed by atoms with Gasteiger partial charge >= 0.3 is 0 Å². The summed E-state index contributed by atoms with van der Waals surface area (Å²) in [6, 6.07) is 19.9. The number of para-hydroxylation sites is 1. The Kier molecular flexibility index (Phi) is 6.45. The lowest BCUT2D eigenvalue weighted by Crippen LogP contribution is -2.48. The molecule has 2 aromatic carbocycles. The van der Waals surface area contributed by atoms with Crippen molar-refractivity contribution in [2.45, 2.75) is 24.2 Å². The number of hydrogen-bond acceptors (Lipinski definition) is 7. The van der Waals surface area contributed by atoms with E-state index in [1.807, 2.05) is 48.6 Å². The van der Waals surface area contributed by atoms with Gasteiger partial charge in [0.05, 0.1) is 11.7 Å². The molecule has 0 radical (unpaired) electrons. The Labute approximate surface area is 202 Å². The summed E-state index contributed by atoms with van der Waals surface area (Å²) in [5.41, 5.74) is 4.76. The van der Waals surface area contributed by atoms with Crippen molar-refractivity contribution in [1.29, 1.82) is 0 Å². The minimum atomic E-state index is -0.868. The molecule has 2 bridgehead atoms. The Hall–Kier alpha value is -4.17. The predicted molar refractivity (Wildman–Crippen MR) is 129 cm³/mol. The highest BCUT2D eigenvalue weighted by Crippen LogP contribution is 2.47. The van der Waals surface area contributed by atoms with Gasteiger partial charge in [0.25, 0.3) is 12.9 Å². The van der Waals surface area contributed by atoms with Crippen molar-refractivity contribution in [3.63, 3.8) is 0 Å². The minimum absolute atomic E-state index is 0.0492. The van der Waals surface area contributed by atoms with Crippen LogP contribution in [-0.4, -0.2) is 54.1 Å². The summed E-state index contributed by atoms with van der Waals surface area (Å²) in [6.45, 7) is 0.958. The van der Waals surface area contributed by atoms with Crippen LogP contribution in [0.4, 0.5) is 5.69 Å². The first-order chi connectivity index (χ1) is 17.2. The fourth-order valence-corrected chi connectivity index (χ4v) is 4.84. The van der Waals surface area contributed by atoms with E-state index in [0.29, 0.717) is 19.4 Å². The first-order valence-electron chi connectivity index (χ1n) is 11.3. The molecule has 35 heavy (non-hydrogen) atoms. The summed E-state index contributed by atoms with van der Waals surface area (Å²) in [5, 5.41) is 10.6. The third-order valence-corrected chi connectivity index (χ3v) is 6.48. The van der Waals surface area contributed by atoms with Gasteiger partial charge in [0.15, 0.2) is 0 Å². The summed E-state index contributed by atoms with van der Waals surface area (Å²) in [7, 11) is 0. The van der Waals surface area contributed by atoms with Crippen LogP contribution in [0.1, 0.15) is 5.56 Å². The Morgan fingerprint density at radius 1 is 1.03 bits per heavy atom. The SMILES string of the molecule is O=COCC1=C(COC=O)C2(C(Cc3ccc(-c4ccn[nH]4)cc3)Nc3ccccc3)C=CC1O2. The van der Waals surface area contributed by atoms with Crippen LogP contribution in [0.5, 0.6) is 0 Å². The van der Waals surface area contributed by atoms with Gasteiger partial charge < -0.3 is 19.5 Å². The highest BCUT2D eigenvalue weighted by Gasteiger charge is 2.53. The van der Waals surface area contributed by atoms with E-state index in [9.17, 15) is 9.59 Å². The van der Waals surface area contributed by atoms with E-state index in [0.717, 1.165) is 33.7 Å². The Bertz CT molecular complexity index is 1220. The molecule has 0 saturated heterocycles. The van der Waals surface area contributed by atoms with Gasteiger partial charge in [-0.3, -0.25) is 14.7 Å². The number of nitrogens with one attached hydrogen (secondary N) is 2. The second kappa shape index (κ2) is 9.99. The lowest BCUT2D eigenvalue weighted by molar-refractivity contribution is -0.129. The quantitative estimate of drug-likeness (QED) is 0.308. The van der Waals surface area contributed by atoms with Gasteiger partial charge in [0.1, 0.15) is 24.9 Å². The van der Waals surface area contributed by atoms with Gasteiger partial charge in [-0.1, -0.05) is 48.5 Å². The molecule has 8 heteroatoms. The molecule has 3 heterocycles. The molecule has 2 aliphatic rings. The average Bonchev–Trinajstić information content (AvgIpc) is 3.64. The predicted octanol–water partition coefficient (Wildman–Crippen LogP) is 3.45. The number of carbonyl (C=O) groups is 2. The highest BCUT2D eigenvalue weighted by molar-refractivity contribution is 5.59. The first-order valence-corrected chi connectivity index (χ1v) is 11.3. The largest absolute Gasteiger partial charge is 0.463 e. The minimum Gasteiger partial charge on any atom is -0.463 e. The monoisotopic (exact) mass is 471 g/mol. The molecule has 178 valence electrons. The van der Waals surface area contributed by atoms with Crippen molar-refractivity contribution in [1.82, 2.24) is 10.2 Å². The molecule has 3 aromatic rings. The number of H-pyrrole nitrogens is 1. The maximum Gasteiger partial charge on any atom is 0.293 e. The van der Waals surface area contributed by atoms with Gasteiger partial charge in [0.2, 0.25) is 0 Å². The number of benzene rings is 2. The van der Waals surface area contributed by atoms with Gasteiger partial charge in [0, 0.05) is 23.0 Å². The van der Waals surface area contributed by atoms with E-state index in [1.54, 1.807) is 6.20 Å². The van der Waals surface area contributed by atoms with Crippen LogP contribution in [0.3, 0.4) is 0 Å². The molecule has 2 N–H and O–H groups in total. The van der Waals surface area contributed by atoms with Crippen LogP contribution in [0, 0.1) is 0 Å². The molecule has 0 aliphatic carbocycles. The number of anilines is 1. The molecule has 3 unspecified atom stereocenters. The number of nitrogens with zero attached hydrogens (tertiary/aromatic N) is 1. The van der Waals surface area contributed by atoms with Crippen LogP contribution < -0.4 is 5.32 Å². The molecular weight excluding hydrogens is 446 g/mol. The zero-order chi connectivity index (χ0) is 24.1. The van der Waals surface area contributed by atoms with Gasteiger partial charge in [-0.05, 0) is 41.8 Å². The van der Waals surface area contributed by atoms with Crippen LogP contribution >= 0.6 is 0 Å².